The first-order valence-electron chi connectivity index (χ1n) is 8.18. The lowest BCUT2D eigenvalue weighted by Crippen LogP contribution is -1.89. The molecule has 0 aliphatic carbocycles. The first-order chi connectivity index (χ1) is 12.3. The number of benzene rings is 3. The van der Waals surface area contributed by atoms with Crippen molar-refractivity contribution in [2.75, 3.05) is 0 Å². The molecule has 0 aliphatic heterocycles. The highest BCUT2D eigenvalue weighted by Crippen LogP contribution is 2.39. The van der Waals surface area contributed by atoms with Crippen LogP contribution < -0.4 is 0 Å². The van der Waals surface area contributed by atoms with Crippen molar-refractivity contribution in [1.82, 2.24) is 4.98 Å². The molecule has 120 valence electrons. The second-order valence-corrected chi connectivity index (χ2v) is 6.70. The molecule has 3 aromatic carbocycles. The fraction of sp³-hybridized carbons (Fsp3) is 0. The van der Waals surface area contributed by atoms with Gasteiger partial charge in [-0.05, 0) is 57.6 Å². The molecule has 25 heavy (non-hydrogen) atoms. The predicted molar refractivity (Wildman–Crippen MR) is 108 cm³/mol. The number of halogens is 1. The van der Waals surface area contributed by atoms with Crippen molar-refractivity contribution >= 4 is 15.9 Å². The van der Waals surface area contributed by atoms with Crippen LogP contribution in [0.3, 0.4) is 0 Å². The number of aromatic nitrogens is 1. The number of nitrogens with zero attached hydrogens (tertiary/aromatic N) is 1. The second-order valence-electron chi connectivity index (χ2n) is 5.85. The van der Waals surface area contributed by atoms with Crippen molar-refractivity contribution in [2.24, 2.45) is 0 Å². The lowest BCUT2D eigenvalue weighted by molar-refractivity contribution is 1.33. The number of hydrogen-bond acceptors (Lipinski definition) is 1. The van der Waals surface area contributed by atoms with Crippen LogP contribution in [0.4, 0.5) is 0 Å². The molecule has 0 atom stereocenters. The topological polar surface area (TPSA) is 12.9 Å². The molecule has 1 heterocycles. The molecule has 0 bridgehead atoms. The summed E-state index contributed by atoms with van der Waals surface area (Å²) in [6.45, 7) is 0. The minimum atomic E-state index is 1.09. The second kappa shape index (κ2) is 7.04. The molecule has 1 nitrogen and oxygen atoms in total. The Balaban J connectivity index is 1.98. The number of rotatable bonds is 3. The van der Waals surface area contributed by atoms with Gasteiger partial charge in [-0.3, -0.25) is 4.98 Å². The van der Waals surface area contributed by atoms with Crippen molar-refractivity contribution in [3.05, 3.63) is 102 Å². The molecule has 0 saturated heterocycles. The molecule has 0 fully saturated rings. The van der Waals surface area contributed by atoms with Crippen LogP contribution in [0.15, 0.2) is 102 Å². The van der Waals surface area contributed by atoms with Gasteiger partial charge in [0.25, 0.3) is 0 Å². The van der Waals surface area contributed by atoms with Crippen LogP contribution in [0.5, 0.6) is 0 Å². The summed E-state index contributed by atoms with van der Waals surface area (Å²) in [5.41, 5.74) is 7.17. The summed E-state index contributed by atoms with van der Waals surface area (Å²) in [4.78, 5) is 4.16. The van der Waals surface area contributed by atoms with Gasteiger partial charge in [0.05, 0.1) is 0 Å². The van der Waals surface area contributed by atoms with Crippen molar-refractivity contribution in [3.8, 4) is 33.4 Å². The van der Waals surface area contributed by atoms with Crippen LogP contribution in [0.1, 0.15) is 0 Å². The van der Waals surface area contributed by atoms with E-state index in [1.807, 2.05) is 24.5 Å². The summed E-state index contributed by atoms with van der Waals surface area (Å²) < 4.78 is 1.09. The van der Waals surface area contributed by atoms with E-state index in [0.29, 0.717) is 0 Å². The Kier molecular flexibility index (Phi) is 4.45. The zero-order valence-corrected chi connectivity index (χ0v) is 15.1. The minimum absolute atomic E-state index is 1.09. The van der Waals surface area contributed by atoms with Crippen LogP contribution in [-0.2, 0) is 0 Å². The molecule has 0 spiro atoms. The Bertz CT molecular complexity index is 980. The average Bonchev–Trinajstić information content (AvgIpc) is 2.70. The van der Waals surface area contributed by atoms with E-state index in [0.717, 1.165) is 4.47 Å². The Morgan fingerprint density at radius 1 is 0.520 bits per heavy atom. The molecule has 0 N–H and O–H groups in total. The van der Waals surface area contributed by atoms with Gasteiger partial charge in [0, 0.05) is 16.9 Å². The third-order valence-electron chi connectivity index (χ3n) is 4.27. The van der Waals surface area contributed by atoms with Crippen molar-refractivity contribution in [3.63, 3.8) is 0 Å². The first-order valence-corrected chi connectivity index (χ1v) is 8.97. The third kappa shape index (κ3) is 3.26. The van der Waals surface area contributed by atoms with Gasteiger partial charge in [0.1, 0.15) is 0 Å². The Labute approximate surface area is 156 Å². The smallest absolute Gasteiger partial charge is 0.0273 e. The highest BCUT2D eigenvalue weighted by Gasteiger charge is 2.13. The van der Waals surface area contributed by atoms with Crippen molar-refractivity contribution in [1.29, 1.82) is 0 Å². The summed E-state index contributed by atoms with van der Waals surface area (Å²) in [5.74, 6) is 0. The van der Waals surface area contributed by atoms with E-state index < -0.39 is 0 Å². The SMILES string of the molecule is Brc1cc(-c2ccccc2)c(-c2ccncc2)cc1-c1ccccc1. The fourth-order valence-corrected chi connectivity index (χ4v) is 3.61. The molecule has 4 rings (SSSR count). The molecule has 0 unspecified atom stereocenters. The van der Waals surface area contributed by atoms with Crippen LogP contribution in [0.25, 0.3) is 33.4 Å². The molecule has 0 radical (unpaired) electrons. The van der Waals surface area contributed by atoms with E-state index in [2.05, 4.69) is 93.7 Å². The first kappa shape index (κ1) is 15.8. The van der Waals surface area contributed by atoms with E-state index in [1.54, 1.807) is 0 Å². The van der Waals surface area contributed by atoms with Crippen molar-refractivity contribution in [2.45, 2.75) is 0 Å². The fourth-order valence-electron chi connectivity index (χ4n) is 3.04. The van der Waals surface area contributed by atoms with Gasteiger partial charge < -0.3 is 0 Å². The van der Waals surface area contributed by atoms with Gasteiger partial charge in [-0.2, -0.15) is 0 Å². The minimum Gasteiger partial charge on any atom is -0.265 e. The highest BCUT2D eigenvalue weighted by atomic mass is 79.9. The molecule has 0 amide bonds. The molecule has 0 aliphatic rings. The highest BCUT2D eigenvalue weighted by molar-refractivity contribution is 9.10. The quantitative estimate of drug-likeness (QED) is 0.375. The van der Waals surface area contributed by atoms with E-state index >= 15 is 0 Å². The largest absolute Gasteiger partial charge is 0.265 e. The van der Waals surface area contributed by atoms with E-state index in [1.165, 1.54) is 33.4 Å². The summed E-state index contributed by atoms with van der Waals surface area (Å²) in [6.07, 6.45) is 3.68. The van der Waals surface area contributed by atoms with Crippen molar-refractivity contribution < 1.29 is 0 Å². The van der Waals surface area contributed by atoms with E-state index in [-0.39, 0.29) is 0 Å². The zero-order valence-electron chi connectivity index (χ0n) is 13.6. The summed E-state index contributed by atoms with van der Waals surface area (Å²) in [5, 5.41) is 0. The monoisotopic (exact) mass is 385 g/mol. The van der Waals surface area contributed by atoms with Gasteiger partial charge in [-0.1, -0.05) is 76.6 Å². The van der Waals surface area contributed by atoms with Crippen LogP contribution in [0.2, 0.25) is 0 Å². The third-order valence-corrected chi connectivity index (χ3v) is 4.92. The van der Waals surface area contributed by atoms with Gasteiger partial charge in [-0.25, -0.2) is 0 Å². The lowest BCUT2D eigenvalue weighted by atomic mass is 9.91. The Hall–Kier alpha value is -2.71. The summed E-state index contributed by atoms with van der Waals surface area (Å²) >= 11 is 3.78. The molecule has 4 aromatic rings. The summed E-state index contributed by atoms with van der Waals surface area (Å²) in [7, 11) is 0. The summed E-state index contributed by atoms with van der Waals surface area (Å²) in [6, 6.07) is 29.5. The maximum Gasteiger partial charge on any atom is 0.0273 e. The number of pyridine rings is 1. The predicted octanol–water partition coefficient (Wildman–Crippen LogP) is 6.85. The lowest BCUT2D eigenvalue weighted by Gasteiger charge is -2.15. The van der Waals surface area contributed by atoms with Gasteiger partial charge >= 0.3 is 0 Å². The molecule has 2 heteroatoms. The molecular formula is C23H16BrN. The molecule has 0 saturated carbocycles. The van der Waals surface area contributed by atoms with Gasteiger partial charge in [0.15, 0.2) is 0 Å². The van der Waals surface area contributed by atoms with Crippen LogP contribution in [-0.4, -0.2) is 4.98 Å². The average molecular weight is 386 g/mol. The van der Waals surface area contributed by atoms with E-state index in [9.17, 15) is 0 Å². The van der Waals surface area contributed by atoms with Crippen LogP contribution >= 0.6 is 15.9 Å². The van der Waals surface area contributed by atoms with Crippen LogP contribution in [0, 0.1) is 0 Å². The number of hydrogen-bond donors (Lipinski definition) is 0. The zero-order chi connectivity index (χ0) is 17.1. The van der Waals surface area contributed by atoms with E-state index in [4.69, 9.17) is 0 Å². The Morgan fingerprint density at radius 3 is 1.60 bits per heavy atom. The van der Waals surface area contributed by atoms with Gasteiger partial charge in [0.2, 0.25) is 0 Å². The van der Waals surface area contributed by atoms with Gasteiger partial charge in [-0.15, -0.1) is 0 Å². The maximum atomic E-state index is 4.16. The molecule has 1 aromatic heterocycles. The standard InChI is InChI=1S/C23H16BrN/c24-23-16-21(17-7-3-1-4-8-17)20(19-11-13-25-14-12-19)15-22(23)18-9-5-2-6-10-18/h1-16H. The normalized spacial score (nSPS) is 10.6. The Morgan fingerprint density at radius 2 is 1.00 bits per heavy atom. The maximum absolute atomic E-state index is 4.16. The molecular weight excluding hydrogens is 370 g/mol.